The fourth-order valence-electron chi connectivity index (χ4n) is 1.29. The average molecular weight is 329 g/mol. The van der Waals surface area contributed by atoms with Crippen LogP contribution in [-0.4, -0.2) is 16.1 Å². The number of nitrogens with zero attached hydrogens (tertiary/aromatic N) is 1. The standard InChI is InChI=1S/C12H7BrClNO3/c13-8-4-9(6-15-5-8)18-11-2-1-7(12(16)17)3-10(11)14/h1-6H,(H,16,17). The first-order chi connectivity index (χ1) is 8.56. The van der Waals surface area contributed by atoms with Crippen molar-refractivity contribution in [3.8, 4) is 11.5 Å². The summed E-state index contributed by atoms with van der Waals surface area (Å²) in [5.41, 5.74) is 0.111. The minimum atomic E-state index is -1.03. The van der Waals surface area contributed by atoms with Gasteiger partial charge in [-0.1, -0.05) is 11.6 Å². The Kier molecular flexibility index (Phi) is 3.84. The molecule has 1 N–H and O–H groups in total. The van der Waals surface area contributed by atoms with Crippen molar-refractivity contribution in [3.63, 3.8) is 0 Å². The minimum absolute atomic E-state index is 0.111. The van der Waals surface area contributed by atoms with Crippen molar-refractivity contribution in [1.29, 1.82) is 0 Å². The van der Waals surface area contributed by atoms with E-state index in [1.165, 1.54) is 24.4 Å². The van der Waals surface area contributed by atoms with Gasteiger partial charge in [0.1, 0.15) is 11.5 Å². The molecular weight excluding hydrogens is 321 g/mol. The van der Waals surface area contributed by atoms with Crippen molar-refractivity contribution in [1.82, 2.24) is 4.98 Å². The predicted molar refractivity (Wildman–Crippen MR) is 70.4 cm³/mol. The number of rotatable bonds is 3. The number of aromatic nitrogens is 1. The molecule has 0 amide bonds. The number of carbonyl (C=O) groups is 1. The van der Waals surface area contributed by atoms with Gasteiger partial charge in [0.2, 0.25) is 0 Å². The summed E-state index contributed by atoms with van der Waals surface area (Å²) in [6.07, 6.45) is 3.16. The third kappa shape index (κ3) is 3.00. The summed E-state index contributed by atoms with van der Waals surface area (Å²) < 4.78 is 6.28. The second kappa shape index (κ2) is 5.37. The van der Waals surface area contributed by atoms with E-state index in [9.17, 15) is 4.79 Å². The van der Waals surface area contributed by atoms with Gasteiger partial charge in [0.25, 0.3) is 0 Å². The van der Waals surface area contributed by atoms with E-state index >= 15 is 0 Å². The van der Waals surface area contributed by atoms with Crippen LogP contribution in [0.15, 0.2) is 41.1 Å². The Labute approximate surface area is 116 Å². The lowest BCUT2D eigenvalue weighted by atomic mass is 10.2. The van der Waals surface area contributed by atoms with Crippen molar-refractivity contribution >= 4 is 33.5 Å². The van der Waals surface area contributed by atoms with E-state index in [1.807, 2.05) is 0 Å². The Balaban J connectivity index is 2.27. The summed E-state index contributed by atoms with van der Waals surface area (Å²) >= 11 is 9.21. The number of carboxylic acid groups (broad SMARTS) is 1. The summed E-state index contributed by atoms with van der Waals surface area (Å²) in [7, 11) is 0. The predicted octanol–water partition coefficient (Wildman–Crippen LogP) is 3.99. The molecule has 0 unspecified atom stereocenters. The van der Waals surface area contributed by atoms with E-state index in [4.69, 9.17) is 21.4 Å². The molecule has 0 atom stereocenters. The highest BCUT2D eigenvalue weighted by Crippen LogP contribution is 2.30. The van der Waals surface area contributed by atoms with E-state index in [2.05, 4.69) is 20.9 Å². The fourth-order valence-corrected chi connectivity index (χ4v) is 1.85. The molecule has 0 saturated heterocycles. The van der Waals surface area contributed by atoms with E-state index < -0.39 is 5.97 Å². The van der Waals surface area contributed by atoms with Crippen LogP contribution in [0.3, 0.4) is 0 Å². The Morgan fingerprint density at radius 3 is 2.72 bits per heavy atom. The van der Waals surface area contributed by atoms with Crippen molar-refractivity contribution in [2.75, 3.05) is 0 Å². The van der Waals surface area contributed by atoms with Crippen LogP contribution in [0.2, 0.25) is 5.02 Å². The van der Waals surface area contributed by atoms with E-state index in [-0.39, 0.29) is 10.6 Å². The first-order valence-corrected chi connectivity index (χ1v) is 6.04. The molecule has 1 heterocycles. The summed E-state index contributed by atoms with van der Waals surface area (Å²) in [4.78, 5) is 14.7. The molecule has 2 aromatic rings. The van der Waals surface area contributed by atoms with E-state index in [0.29, 0.717) is 11.5 Å². The second-order valence-electron chi connectivity index (χ2n) is 3.39. The van der Waals surface area contributed by atoms with Gasteiger partial charge in [-0.15, -0.1) is 0 Å². The number of pyridine rings is 1. The van der Waals surface area contributed by atoms with Gasteiger partial charge in [-0.3, -0.25) is 4.98 Å². The lowest BCUT2D eigenvalue weighted by Gasteiger charge is -2.07. The SMILES string of the molecule is O=C(O)c1ccc(Oc2cncc(Br)c2)c(Cl)c1. The van der Waals surface area contributed by atoms with Crippen molar-refractivity contribution in [3.05, 3.63) is 51.7 Å². The fraction of sp³-hybridized carbons (Fsp3) is 0. The smallest absolute Gasteiger partial charge is 0.335 e. The van der Waals surface area contributed by atoms with Crippen LogP contribution in [0, 0.1) is 0 Å². The second-order valence-corrected chi connectivity index (χ2v) is 4.71. The van der Waals surface area contributed by atoms with Crippen molar-refractivity contribution in [2.45, 2.75) is 0 Å². The van der Waals surface area contributed by atoms with Crippen LogP contribution >= 0.6 is 27.5 Å². The molecule has 0 saturated carbocycles. The van der Waals surface area contributed by atoms with Crippen LogP contribution < -0.4 is 4.74 Å². The van der Waals surface area contributed by atoms with Gasteiger partial charge < -0.3 is 9.84 Å². The van der Waals surface area contributed by atoms with Gasteiger partial charge in [-0.2, -0.15) is 0 Å². The molecule has 6 heteroatoms. The zero-order valence-electron chi connectivity index (χ0n) is 8.93. The molecule has 0 fully saturated rings. The molecule has 4 nitrogen and oxygen atoms in total. The molecule has 18 heavy (non-hydrogen) atoms. The average Bonchev–Trinajstić information content (AvgIpc) is 2.31. The van der Waals surface area contributed by atoms with Crippen molar-refractivity contribution in [2.24, 2.45) is 0 Å². The minimum Gasteiger partial charge on any atom is -0.478 e. The van der Waals surface area contributed by atoms with Gasteiger partial charge in [-0.25, -0.2) is 4.79 Å². The van der Waals surface area contributed by atoms with E-state index in [1.54, 1.807) is 12.3 Å². The maximum absolute atomic E-state index is 10.8. The first-order valence-electron chi connectivity index (χ1n) is 4.87. The normalized spacial score (nSPS) is 10.1. The number of ether oxygens (including phenoxy) is 1. The van der Waals surface area contributed by atoms with Crippen LogP contribution in [0.5, 0.6) is 11.5 Å². The van der Waals surface area contributed by atoms with Gasteiger partial charge in [0.15, 0.2) is 0 Å². The first kappa shape index (κ1) is 12.9. The number of benzene rings is 1. The van der Waals surface area contributed by atoms with Crippen molar-refractivity contribution < 1.29 is 14.6 Å². The molecule has 1 aromatic heterocycles. The summed E-state index contributed by atoms with van der Waals surface area (Å²) in [5, 5.41) is 9.04. The third-order valence-electron chi connectivity index (χ3n) is 2.09. The quantitative estimate of drug-likeness (QED) is 0.925. The number of hydrogen-bond donors (Lipinski definition) is 1. The van der Waals surface area contributed by atoms with Crippen LogP contribution in [0.25, 0.3) is 0 Å². The van der Waals surface area contributed by atoms with Crippen LogP contribution in [0.1, 0.15) is 10.4 Å². The van der Waals surface area contributed by atoms with Gasteiger partial charge >= 0.3 is 5.97 Å². The monoisotopic (exact) mass is 327 g/mol. The van der Waals surface area contributed by atoms with Gasteiger partial charge in [0.05, 0.1) is 16.8 Å². The molecule has 0 aliphatic carbocycles. The Bertz CT molecular complexity index is 604. The summed E-state index contributed by atoms with van der Waals surface area (Å²) in [6.45, 7) is 0. The molecule has 1 aromatic carbocycles. The summed E-state index contributed by atoms with van der Waals surface area (Å²) in [5.74, 6) is -0.150. The highest BCUT2D eigenvalue weighted by molar-refractivity contribution is 9.10. The Hall–Kier alpha value is -1.59. The van der Waals surface area contributed by atoms with E-state index in [0.717, 1.165) is 4.47 Å². The Morgan fingerprint density at radius 1 is 1.33 bits per heavy atom. The largest absolute Gasteiger partial charge is 0.478 e. The third-order valence-corrected chi connectivity index (χ3v) is 2.82. The molecule has 2 rings (SSSR count). The maximum Gasteiger partial charge on any atom is 0.335 e. The number of aromatic carboxylic acids is 1. The zero-order chi connectivity index (χ0) is 13.1. The molecule has 92 valence electrons. The molecule has 0 aliphatic heterocycles. The van der Waals surface area contributed by atoms with Gasteiger partial charge in [0, 0.05) is 10.7 Å². The highest BCUT2D eigenvalue weighted by atomic mass is 79.9. The summed E-state index contributed by atoms with van der Waals surface area (Å²) in [6, 6.07) is 6.00. The number of carboxylic acids is 1. The molecule has 0 radical (unpaired) electrons. The lowest BCUT2D eigenvalue weighted by Crippen LogP contribution is -1.96. The molecule has 0 bridgehead atoms. The number of hydrogen-bond acceptors (Lipinski definition) is 3. The molecule has 0 aliphatic rings. The number of halogens is 2. The van der Waals surface area contributed by atoms with Crippen LogP contribution in [-0.2, 0) is 0 Å². The highest BCUT2D eigenvalue weighted by Gasteiger charge is 2.09. The molecular formula is C12H7BrClNO3. The lowest BCUT2D eigenvalue weighted by molar-refractivity contribution is 0.0697. The maximum atomic E-state index is 10.8. The Morgan fingerprint density at radius 2 is 2.11 bits per heavy atom. The zero-order valence-corrected chi connectivity index (χ0v) is 11.3. The van der Waals surface area contributed by atoms with Gasteiger partial charge in [-0.05, 0) is 40.2 Å². The van der Waals surface area contributed by atoms with Crippen LogP contribution in [0.4, 0.5) is 0 Å². The molecule has 0 spiro atoms. The topological polar surface area (TPSA) is 59.4 Å².